The molecule has 0 spiro atoms. The summed E-state index contributed by atoms with van der Waals surface area (Å²) in [4.78, 5) is 16.2. The highest BCUT2D eigenvalue weighted by Crippen LogP contribution is 2.33. The van der Waals surface area contributed by atoms with Gasteiger partial charge in [0.2, 0.25) is 0 Å². The first-order chi connectivity index (χ1) is 18.4. The van der Waals surface area contributed by atoms with Gasteiger partial charge in [0.1, 0.15) is 5.75 Å². The molecule has 0 bridgehead atoms. The number of amidine groups is 1. The van der Waals surface area contributed by atoms with Crippen molar-refractivity contribution in [2.45, 2.75) is 45.2 Å². The summed E-state index contributed by atoms with van der Waals surface area (Å²) in [5, 5.41) is 22.1. The number of benzene rings is 2. The van der Waals surface area contributed by atoms with E-state index < -0.39 is 0 Å². The third-order valence-electron chi connectivity index (χ3n) is 6.60. The van der Waals surface area contributed by atoms with Gasteiger partial charge in [-0.25, -0.2) is 0 Å². The van der Waals surface area contributed by atoms with Crippen molar-refractivity contribution in [3.05, 3.63) is 77.9 Å². The molecule has 3 rings (SSSR count). The van der Waals surface area contributed by atoms with Gasteiger partial charge in [-0.15, -0.1) is 11.7 Å². The number of carbonyl (C=O) groups is 1. The number of phenols is 1. The van der Waals surface area contributed by atoms with Crippen LogP contribution in [0.15, 0.2) is 76.6 Å². The van der Waals surface area contributed by atoms with Crippen LogP contribution in [0, 0.1) is 0 Å². The Labute approximate surface area is 225 Å². The Bertz CT molecular complexity index is 1100. The van der Waals surface area contributed by atoms with Gasteiger partial charge in [0.25, 0.3) is 0 Å². The number of unbranched alkanes of at least 4 members (excludes halogenated alkanes) is 1. The van der Waals surface area contributed by atoms with Crippen LogP contribution in [0.5, 0.6) is 5.75 Å². The molecule has 0 amide bonds. The van der Waals surface area contributed by atoms with Gasteiger partial charge in [-0.05, 0) is 55.2 Å². The average molecular weight is 521 g/mol. The first-order valence-corrected chi connectivity index (χ1v) is 13.3. The molecule has 1 heterocycles. The van der Waals surface area contributed by atoms with Crippen molar-refractivity contribution in [1.82, 2.24) is 9.80 Å². The van der Waals surface area contributed by atoms with Gasteiger partial charge in [-0.3, -0.25) is 14.6 Å². The van der Waals surface area contributed by atoms with Crippen molar-refractivity contribution in [2.75, 3.05) is 39.3 Å². The van der Waals surface area contributed by atoms with Crippen LogP contribution in [-0.4, -0.2) is 72.1 Å². The van der Waals surface area contributed by atoms with E-state index >= 15 is 0 Å². The second-order valence-corrected chi connectivity index (χ2v) is 9.46. The summed E-state index contributed by atoms with van der Waals surface area (Å²) in [6.45, 7) is 12.5. The lowest BCUT2D eigenvalue weighted by molar-refractivity contribution is -0.143. The van der Waals surface area contributed by atoms with Gasteiger partial charge < -0.3 is 15.6 Å². The van der Waals surface area contributed by atoms with E-state index in [-0.39, 0.29) is 23.6 Å². The van der Waals surface area contributed by atoms with Crippen molar-refractivity contribution in [3.63, 3.8) is 0 Å². The number of ether oxygens (including phenoxy) is 1. The summed E-state index contributed by atoms with van der Waals surface area (Å²) in [6, 6.07) is 15.8. The number of hydrogen-bond acceptors (Lipinski definition) is 7. The molecule has 9 nitrogen and oxygen atoms in total. The minimum atomic E-state index is -0.189. The van der Waals surface area contributed by atoms with E-state index in [1.54, 1.807) is 13.0 Å². The van der Waals surface area contributed by atoms with Crippen molar-refractivity contribution >= 4 is 11.8 Å². The Balaban J connectivity index is 1.68. The summed E-state index contributed by atoms with van der Waals surface area (Å²) in [5.41, 5.74) is 9.06. The fraction of sp³-hybridized carbons (Fsp3) is 0.448. The molecular formula is C29H40N6O3. The highest BCUT2D eigenvalue weighted by molar-refractivity contribution is 5.97. The predicted molar refractivity (Wildman–Crippen MR) is 150 cm³/mol. The highest BCUT2D eigenvalue weighted by atomic mass is 16.5. The molecule has 0 radical (unpaired) electrons. The van der Waals surface area contributed by atoms with E-state index in [1.165, 1.54) is 0 Å². The highest BCUT2D eigenvalue weighted by Gasteiger charge is 2.31. The van der Waals surface area contributed by atoms with Crippen LogP contribution in [-0.2, 0) is 9.53 Å². The maximum atomic E-state index is 11.3. The topological polar surface area (TPSA) is 116 Å². The van der Waals surface area contributed by atoms with Gasteiger partial charge >= 0.3 is 5.97 Å². The number of carbonyl (C=O) groups excluding carboxylic acids is 1. The number of esters is 1. The Morgan fingerprint density at radius 2 is 2.00 bits per heavy atom. The molecule has 1 saturated heterocycles. The molecule has 1 unspecified atom stereocenters. The zero-order chi connectivity index (χ0) is 27.3. The van der Waals surface area contributed by atoms with E-state index in [4.69, 9.17) is 10.5 Å². The lowest BCUT2D eigenvalue weighted by Crippen LogP contribution is -2.53. The van der Waals surface area contributed by atoms with Crippen LogP contribution < -0.4 is 5.73 Å². The van der Waals surface area contributed by atoms with Crippen LogP contribution >= 0.6 is 0 Å². The molecule has 2 aromatic carbocycles. The monoisotopic (exact) mass is 520 g/mol. The maximum Gasteiger partial charge on any atom is 0.305 e. The fourth-order valence-electron chi connectivity index (χ4n) is 4.75. The van der Waals surface area contributed by atoms with Crippen LogP contribution in [0.25, 0.3) is 0 Å². The summed E-state index contributed by atoms with van der Waals surface area (Å²) in [5.74, 6) is 0.350. The molecule has 38 heavy (non-hydrogen) atoms. The third-order valence-corrected chi connectivity index (χ3v) is 6.60. The first-order valence-electron chi connectivity index (χ1n) is 13.3. The quantitative estimate of drug-likeness (QED) is 0.0765. The van der Waals surface area contributed by atoms with Crippen molar-refractivity contribution in [2.24, 2.45) is 21.2 Å². The van der Waals surface area contributed by atoms with Crippen LogP contribution in [0.2, 0.25) is 0 Å². The molecule has 0 aromatic heterocycles. The van der Waals surface area contributed by atoms with Crippen LogP contribution in [0.4, 0.5) is 0 Å². The molecule has 1 aliphatic heterocycles. The third kappa shape index (κ3) is 8.49. The molecule has 9 heteroatoms. The second-order valence-electron chi connectivity index (χ2n) is 9.46. The largest absolute Gasteiger partial charge is 0.508 e. The fourth-order valence-corrected chi connectivity index (χ4v) is 4.75. The van der Waals surface area contributed by atoms with Gasteiger partial charge in [-0.1, -0.05) is 42.5 Å². The summed E-state index contributed by atoms with van der Waals surface area (Å²) >= 11 is 0. The Morgan fingerprint density at radius 3 is 2.68 bits per heavy atom. The minimum absolute atomic E-state index is 0.00973. The zero-order valence-corrected chi connectivity index (χ0v) is 22.5. The van der Waals surface area contributed by atoms with E-state index in [0.717, 1.165) is 49.3 Å². The van der Waals surface area contributed by atoms with E-state index in [9.17, 15) is 9.90 Å². The second kappa shape index (κ2) is 15.0. The number of nitrogens with zero attached hydrogens (tertiary/aromatic N) is 5. The van der Waals surface area contributed by atoms with Crippen molar-refractivity contribution in [3.8, 4) is 5.75 Å². The van der Waals surface area contributed by atoms with Crippen molar-refractivity contribution < 1.29 is 14.6 Å². The first kappa shape index (κ1) is 29.0. The van der Waals surface area contributed by atoms with Crippen molar-refractivity contribution in [1.29, 1.82) is 0 Å². The number of rotatable bonds is 13. The molecule has 2 aromatic rings. The number of piperazine rings is 1. The zero-order valence-electron chi connectivity index (χ0n) is 22.5. The molecule has 2 atom stereocenters. The van der Waals surface area contributed by atoms with Gasteiger partial charge in [0, 0.05) is 44.2 Å². The summed E-state index contributed by atoms with van der Waals surface area (Å²) in [6.07, 6.45) is 3.75. The molecule has 1 aliphatic rings. The number of nitrogens with two attached hydrogens (primary N) is 1. The maximum absolute atomic E-state index is 11.3. The minimum Gasteiger partial charge on any atom is -0.508 e. The smallest absolute Gasteiger partial charge is 0.305 e. The Morgan fingerprint density at radius 1 is 1.21 bits per heavy atom. The molecule has 204 valence electrons. The summed E-state index contributed by atoms with van der Waals surface area (Å²) in [7, 11) is 0. The van der Waals surface area contributed by atoms with Gasteiger partial charge in [0.15, 0.2) is 5.84 Å². The molecule has 0 aliphatic carbocycles. The number of phenolic OH excluding ortho intramolecular Hbond substituents is 1. The summed E-state index contributed by atoms with van der Waals surface area (Å²) < 4.78 is 4.91. The Hall–Kier alpha value is -3.56. The van der Waals surface area contributed by atoms with E-state index in [2.05, 4.69) is 56.9 Å². The van der Waals surface area contributed by atoms with Crippen LogP contribution in [0.3, 0.4) is 0 Å². The van der Waals surface area contributed by atoms with Gasteiger partial charge in [-0.2, -0.15) is 5.11 Å². The average Bonchev–Trinajstić information content (AvgIpc) is 2.90. The Kier molecular flexibility index (Phi) is 11.4. The van der Waals surface area contributed by atoms with Crippen LogP contribution in [0.1, 0.15) is 55.8 Å². The lowest BCUT2D eigenvalue weighted by atomic mass is 9.93. The number of aromatic hydroxyl groups is 1. The van der Waals surface area contributed by atoms with E-state index in [1.807, 2.05) is 30.3 Å². The molecule has 1 fully saturated rings. The number of hydrogen-bond donors (Lipinski definition) is 2. The SMILES string of the molecule is C=CCN1CCN(C(c2ccc(/C(N)=N/N=NCCCCC(=O)OCC)cc2)c2cccc(O)c2)[C@@H](C)C1. The van der Waals surface area contributed by atoms with Gasteiger partial charge in [0.05, 0.1) is 19.2 Å². The normalized spacial score (nSPS) is 17.9. The van der Waals surface area contributed by atoms with E-state index in [0.29, 0.717) is 32.0 Å². The molecular weight excluding hydrogens is 480 g/mol. The molecule has 0 saturated carbocycles. The molecule has 3 N–H and O–H groups in total. The lowest BCUT2D eigenvalue weighted by Gasteiger charge is -2.44. The predicted octanol–water partition coefficient (Wildman–Crippen LogP) is 4.48. The standard InChI is InChI=1S/C29H40N6O3/c1-4-17-34-18-19-35(22(3)21-34)28(25-9-8-10-26(36)20-25)23-12-14-24(15-13-23)29(30)32-33-31-16-7-6-11-27(37)38-5-2/h4,8-10,12-15,20,22,28,36H,1,5-7,11,16-19,21H2,2-3H3,(H2,30,31,32)/t22-,28?/m0/s1.